The number of carbonyl (C=O) groups is 1. The Balaban J connectivity index is 1.64. The van der Waals surface area contributed by atoms with Crippen LogP contribution in [0.15, 0.2) is 18.6 Å². The van der Waals surface area contributed by atoms with Crippen molar-refractivity contribution in [3.05, 3.63) is 29.8 Å². The predicted octanol–water partition coefficient (Wildman–Crippen LogP) is 0.0278. The fourth-order valence-electron chi connectivity index (χ4n) is 2.25. The molecule has 2 aromatic heterocycles. The van der Waals surface area contributed by atoms with Gasteiger partial charge in [-0.2, -0.15) is 10.2 Å². The average Bonchev–Trinajstić information content (AvgIpc) is 3.14. The lowest BCUT2D eigenvalue weighted by atomic mass is 10.2. The molecule has 21 heavy (non-hydrogen) atoms. The topological polar surface area (TPSA) is 94.1 Å². The largest absolute Gasteiger partial charge is 0.482 e. The molecule has 2 atom stereocenters. The van der Waals surface area contributed by atoms with Crippen LogP contribution in [-0.4, -0.2) is 51.2 Å². The molecule has 1 saturated heterocycles. The lowest BCUT2D eigenvalue weighted by Crippen LogP contribution is -2.45. The van der Waals surface area contributed by atoms with Gasteiger partial charge in [-0.1, -0.05) is 0 Å². The van der Waals surface area contributed by atoms with E-state index < -0.39 is 0 Å². The van der Waals surface area contributed by atoms with Crippen molar-refractivity contribution in [3.8, 4) is 5.75 Å². The fraction of sp³-hybridized carbons (Fsp3) is 0.462. The van der Waals surface area contributed by atoms with Gasteiger partial charge in [-0.05, 0) is 6.92 Å². The van der Waals surface area contributed by atoms with Crippen molar-refractivity contribution in [3.63, 3.8) is 0 Å². The predicted molar refractivity (Wildman–Crippen MR) is 73.0 cm³/mol. The van der Waals surface area contributed by atoms with Crippen LogP contribution in [0.2, 0.25) is 0 Å². The molecule has 2 N–H and O–H groups in total. The van der Waals surface area contributed by atoms with Crippen LogP contribution < -0.4 is 10.1 Å². The van der Waals surface area contributed by atoms with Crippen molar-refractivity contribution >= 4 is 5.91 Å². The van der Waals surface area contributed by atoms with Crippen LogP contribution in [0.4, 0.5) is 0 Å². The summed E-state index contributed by atoms with van der Waals surface area (Å²) in [6.45, 7) is 2.66. The second kappa shape index (κ2) is 5.57. The molecule has 0 bridgehead atoms. The number of amides is 1. The van der Waals surface area contributed by atoms with E-state index in [4.69, 9.17) is 9.47 Å². The molecule has 0 radical (unpaired) electrons. The van der Waals surface area contributed by atoms with Crippen LogP contribution in [0.3, 0.4) is 0 Å². The normalized spacial score (nSPS) is 21.4. The second-order valence-electron chi connectivity index (χ2n) is 5.03. The number of nitrogens with zero attached hydrogens (tertiary/aromatic N) is 3. The Hall–Kier alpha value is -2.35. The van der Waals surface area contributed by atoms with E-state index in [1.807, 2.05) is 7.05 Å². The van der Waals surface area contributed by atoms with Crippen molar-refractivity contribution in [1.82, 2.24) is 25.3 Å². The zero-order valence-electron chi connectivity index (χ0n) is 11.9. The summed E-state index contributed by atoms with van der Waals surface area (Å²) in [5, 5.41) is 13.6. The Kier molecular flexibility index (Phi) is 3.61. The zero-order chi connectivity index (χ0) is 14.8. The molecule has 112 valence electrons. The Morgan fingerprint density at radius 1 is 1.52 bits per heavy atom. The summed E-state index contributed by atoms with van der Waals surface area (Å²) in [5.74, 6) is 0.475. The highest BCUT2D eigenvalue weighted by Gasteiger charge is 2.32. The van der Waals surface area contributed by atoms with E-state index in [9.17, 15) is 4.79 Å². The molecule has 3 heterocycles. The molecule has 1 fully saturated rings. The third kappa shape index (κ3) is 2.89. The first-order valence-corrected chi connectivity index (χ1v) is 6.67. The number of hydrogen-bond donors (Lipinski definition) is 2. The number of carbonyl (C=O) groups excluding carboxylic acids is 1. The minimum Gasteiger partial charge on any atom is -0.482 e. The quantitative estimate of drug-likeness (QED) is 0.828. The molecule has 3 rings (SSSR count). The summed E-state index contributed by atoms with van der Waals surface area (Å²) < 4.78 is 12.9. The minimum atomic E-state index is -0.231. The van der Waals surface area contributed by atoms with Crippen LogP contribution in [0, 0.1) is 6.92 Å². The number of aromatic amines is 1. The maximum atomic E-state index is 12.2. The van der Waals surface area contributed by atoms with Gasteiger partial charge in [-0.3, -0.25) is 14.6 Å². The lowest BCUT2D eigenvalue weighted by Gasteiger charge is -2.19. The first-order valence-electron chi connectivity index (χ1n) is 6.67. The number of ether oxygens (including phenoxy) is 2. The monoisotopic (exact) mass is 291 g/mol. The van der Waals surface area contributed by atoms with E-state index in [1.165, 1.54) is 6.20 Å². The molecule has 1 amide bonds. The van der Waals surface area contributed by atoms with Crippen LogP contribution in [0.1, 0.15) is 16.1 Å². The molecule has 1 aliphatic rings. The Labute approximate surface area is 121 Å². The first kappa shape index (κ1) is 13.6. The summed E-state index contributed by atoms with van der Waals surface area (Å²) in [6.07, 6.45) is 4.69. The van der Waals surface area contributed by atoms with Gasteiger partial charge in [-0.15, -0.1) is 0 Å². The zero-order valence-corrected chi connectivity index (χ0v) is 11.9. The van der Waals surface area contributed by atoms with Gasteiger partial charge < -0.3 is 14.8 Å². The molecule has 0 spiro atoms. The van der Waals surface area contributed by atoms with Gasteiger partial charge in [0.1, 0.15) is 6.10 Å². The fourth-order valence-corrected chi connectivity index (χ4v) is 2.25. The third-order valence-electron chi connectivity index (χ3n) is 3.39. The molecule has 0 aromatic carbocycles. The van der Waals surface area contributed by atoms with Gasteiger partial charge in [0.05, 0.1) is 43.4 Å². The second-order valence-corrected chi connectivity index (χ2v) is 5.03. The van der Waals surface area contributed by atoms with Crippen molar-refractivity contribution < 1.29 is 14.3 Å². The summed E-state index contributed by atoms with van der Waals surface area (Å²) in [7, 11) is 1.82. The number of nitrogens with one attached hydrogen (secondary N) is 2. The van der Waals surface area contributed by atoms with Crippen LogP contribution in [-0.2, 0) is 11.8 Å². The Morgan fingerprint density at radius 2 is 2.38 bits per heavy atom. The molecule has 0 unspecified atom stereocenters. The summed E-state index contributed by atoms with van der Waals surface area (Å²) >= 11 is 0. The van der Waals surface area contributed by atoms with Crippen LogP contribution in [0.25, 0.3) is 0 Å². The minimum absolute atomic E-state index is 0.184. The van der Waals surface area contributed by atoms with E-state index in [-0.39, 0.29) is 18.1 Å². The van der Waals surface area contributed by atoms with Crippen LogP contribution in [0.5, 0.6) is 5.75 Å². The van der Waals surface area contributed by atoms with Crippen molar-refractivity contribution in [2.24, 2.45) is 7.05 Å². The van der Waals surface area contributed by atoms with E-state index in [2.05, 4.69) is 20.6 Å². The Bertz CT molecular complexity index is 635. The summed E-state index contributed by atoms with van der Waals surface area (Å²) in [5.41, 5.74) is 1.26. The molecule has 8 nitrogen and oxygen atoms in total. The number of H-pyrrole nitrogens is 1. The van der Waals surface area contributed by atoms with Gasteiger partial charge >= 0.3 is 0 Å². The molecule has 0 saturated carbocycles. The van der Waals surface area contributed by atoms with Crippen molar-refractivity contribution in [2.75, 3.05) is 13.2 Å². The van der Waals surface area contributed by atoms with E-state index in [0.29, 0.717) is 24.5 Å². The van der Waals surface area contributed by atoms with E-state index in [1.54, 1.807) is 24.0 Å². The third-order valence-corrected chi connectivity index (χ3v) is 3.39. The molecule has 2 aromatic rings. The number of rotatable bonds is 4. The number of aryl methyl sites for hydroxylation is 2. The van der Waals surface area contributed by atoms with Crippen molar-refractivity contribution in [2.45, 2.75) is 19.1 Å². The van der Waals surface area contributed by atoms with Gasteiger partial charge in [-0.25, -0.2) is 0 Å². The molecule has 1 aliphatic heterocycles. The summed E-state index contributed by atoms with van der Waals surface area (Å²) in [4.78, 5) is 12.2. The molecular weight excluding hydrogens is 274 g/mol. The SMILES string of the molecule is Cc1[nH]ncc1C(=O)N[C@H]1COC[C@H]1Oc1cnn(C)c1. The number of hydrogen-bond acceptors (Lipinski definition) is 5. The maximum Gasteiger partial charge on any atom is 0.255 e. The smallest absolute Gasteiger partial charge is 0.255 e. The van der Waals surface area contributed by atoms with Crippen LogP contribution >= 0.6 is 0 Å². The summed E-state index contributed by atoms with van der Waals surface area (Å²) in [6, 6.07) is -0.202. The van der Waals surface area contributed by atoms with Gasteiger partial charge in [0.2, 0.25) is 0 Å². The lowest BCUT2D eigenvalue weighted by molar-refractivity contribution is 0.0903. The molecular formula is C13H17N5O3. The van der Waals surface area contributed by atoms with Crippen molar-refractivity contribution in [1.29, 1.82) is 0 Å². The van der Waals surface area contributed by atoms with E-state index >= 15 is 0 Å². The van der Waals surface area contributed by atoms with Gasteiger partial charge in [0.15, 0.2) is 5.75 Å². The highest BCUT2D eigenvalue weighted by molar-refractivity contribution is 5.95. The molecule has 8 heteroatoms. The first-order chi connectivity index (χ1) is 10.1. The molecule has 0 aliphatic carbocycles. The highest BCUT2D eigenvalue weighted by Crippen LogP contribution is 2.16. The van der Waals surface area contributed by atoms with Gasteiger partial charge in [0.25, 0.3) is 5.91 Å². The number of aromatic nitrogens is 4. The van der Waals surface area contributed by atoms with E-state index in [0.717, 1.165) is 5.69 Å². The highest BCUT2D eigenvalue weighted by atomic mass is 16.5. The average molecular weight is 291 g/mol. The maximum absolute atomic E-state index is 12.2. The van der Waals surface area contributed by atoms with Gasteiger partial charge in [0, 0.05) is 12.7 Å². The Morgan fingerprint density at radius 3 is 3.05 bits per heavy atom. The standard InChI is InChI=1S/C13H17N5O3/c1-8-10(4-14-17-8)13(19)16-11-6-20-7-12(11)21-9-3-15-18(2)5-9/h3-5,11-12H,6-7H2,1-2H3,(H,14,17)(H,16,19)/t11-,12+/m0/s1.